The normalized spacial score (nSPS) is 20.2. The maximum atomic E-state index is 12.7. The van der Waals surface area contributed by atoms with Gasteiger partial charge in [-0.2, -0.15) is 5.10 Å². The number of unbranched alkanes of at least 4 members (excludes halogenated alkanes) is 1. The second-order valence-corrected chi connectivity index (χ2v) is 5.79. The molecular formula is C17H23N3O. The zero-order chi connectivity index (χ0) is 14.7. The minimum atomic E-state index is 0.0650. The molecule has 0 unspecified atom stereocenters. The Morgan fingerprint density at radius 2 is 1.90 bits per heavy atom. The highest BCUT2D eigenvalue weighted by Gasteiger charge is 2.33. The van der Waals surface area contributed by atoms with E-state index in [1.54, 1.807) is 0 Å². The molecule has 0 N–H and O–H groups in total. The summed E-state index contributed by atoms with van der Waals surface area (Å²) in [5.41, 5.74) is 2.64. The van der Waals surface area contributed by atoms with Crippen molar-refractivity contribution in [2.75, 3.05) is 24.5 Å². The van der Waals surface area contributed by atoms with Crippen molar-refractivity contribution in [3.8, 4) is 0 Å². The number of benzene rings is 1. The molecule has 0 aromatic heterocycles. The van der Waals surface area contributed by atoms with Gasteiger partial charge in [-0.1, -0.05) is 31.5 Å². The van der Waals surface area contributed by atoms with Crippen LogP contribution in [-0.2, 0) is 4.79 Å². The maximum absolute atomic E-state index is 12.7. The van der Waals surface area contributed by atoms with Gasteiger partial charge in [0.15, 0.2) is 5.71 Å². The third-order valence-corrected chi connectivity index (χ3v) is 4.21. The molecule has 1 amide bonds. The van der Waals surface area contributed by atoms with Crippen LogP contribution in [0.5, 0.6) is 0 Å². The van der Waals surface area contributed by atoms with Crippen LogP contribution in [0.1, 0.15) is 44.6 Å². The summed E-state index contributed by atoms with van der Waals surface area (Å²) >= 11 is 0. The first-order chi connectivity index (χ1) is 10.3. The zero-order valence-electron chi connectivity index (χ0n) is 12.7. The molecule has 112 valence electrons. The van der Waals surface area contributed by atoms with Gasteiger partial charge < -0.3 is 4.90 Å². The lowest BCUT2D eigenvalue weighted by molar-refractivity contribution is -0.112. The van der Waals surface area contributed by atoms with E-state index >= 15 is 0 Å². The van der Waals surface area contributed by atoms with E-state index in [0.29, 0.717) is 5.71 Å². The number of carbonyl (C=O) groups excluding carboxylic acids is 1. The van der Waals surface area contributed by atoms with Gasteiger partial charge in [-0.3, -0.25) is 9.80 Å². The second kappa shape index (κ2) is 6.29. The summed E-state index contributed by atoms with van der Waals surface area (Å²) in [4.78, 5) is 14.6. The highest BCUT2D eigenvalue weighted by Crippen LogP contribution is 2.30. The molecule has 0 spiro atoms. The predicted octanol–water partition coefficient (Wildman–Crippen LogP) is 3.02. The van der Waals surface area contributed by atoms with Gasteiger partial charge in [0.1, 0.15) is 0 Å². The standard InChI is InChI=1S/C17H23N3O/c1-2-3-13-20-15-10-6-5-9-14(15)16(17(20)21)18-19-11-7-4-8-12-19/h5-6,9-10H,2-4,7-8,11-13H2,1H3. The number of amides is 1. The van der Waals surface area contributed by atoms with Crippen LogP contribution in [0.3, 0.4) is 0 Å². The van der Waals surface area contributed by atoms with Crippen molar-refractivity contribution in [1.82, 2.24) is 5.01 Å². The van der Waals surface area contributed by atoms with Gasteiger partial charge in [0, 0.05) is 25.2 Å². The number of fused-ring (bicyclic) bond motifs is 1. The summed E-state index contributed by atoms with van der Waals surface area (Å²) in [7, 11) is 0. The smallest absolute Gasteiger partial charge is 0.279 e. The number of para-hydroxylation sites is 1. The van der Waals surface area contributed by atoms with Gasteiger partial charge in [0.2, 0.25) is 0 Å². The van der Waals surface area contributed by atoms with Gasteiger partial charge in [-0.25, -0.2) is 0 Å². The van der Waals surface area contributed by atoms with Gasteiger partial charge >= 0.3 is 0 Å². The number of hydrazone groups is 1. The molecule has 2 heterocycles. The van der Waals surface area contributed by atoms with Crippen molar-refractivity contribution >= 4 is 17.3 Å². The second-order valence-electron chi connectivity index (χ2n) is 5.79. The monoisotopic (exact) mass is 285 g/mol. The Balaban J connectivity index is 1.90. The fraction of sp³-hybridized carbons (Fsp3) is 0.529. The lowest BCUT2D eigenvalue weighted by Gasteiger charge is -2.24. The summed E-state index contributed by atoms with van der Waals surface area (Å²) in [5.74, 6) is 0.0650. The van der Waals surface area contributed by atoms with Crippen LogP contribution in [-0.4, -0.2) is 36.3 Å². The lowest BCUT2D eigenvalue weighted by Crippen LogP contribution is -2.33. The Kier molecular flexibility index (Phi) is 4.23. The molecule has 1 fully saturated rings. The zero-order valence-corrected chi connectivity index (χ0v) is 12.7. The van der Waals surface area contributed by atoms with Gasteiger partial charge in [0.25, 0.3) is 5.91 Å². The Bertz CT molecular complexity index is 547. The number of hydrogen-bond donors (Lipinski definition) is 0. The van der Waals surface area contributed by atoms with Crippen LogP contribution in [0, 0.1) is 0 Å². The van der Waals surface area contributed by atoms with Crippen molar-refractivity contribution in [1.29, 1.82) is 0 Å². The summed E-state index contributed by atoms with van der Waals surface area (Å²) in [6.07, 6.45) is 5.73. The molecule has 0 radical (unpaired) electrons. The third-order valence-electron chi connectivity index (χ3n) is 4.21. The molecule has 3 rings (SSSR count). The molecular weight excluding hydrogens is 262 g/mol. The topological polar surface area (TPSA) is 35.9 Å². The van der Waals surface area contributed by atoms with Gasteiger partial charge in [0.05, 0.1) is 5.69 Å². The Morgan fingerprint density at radius 3 is 2.67 bits per heavy atom. The molecule has 1 aromatic rings. The Labute approximate surface area is 126 Å². The summed E-state index contributed by atoms with van der Waals surface area (Å²) < 4.78 is 0. The molecule has 0 aliphatic carbocycles. The number of anilines is 1. The minimum absolute atomic E-state index is 0.0650. The van der Waals surface area contributed by atoms with Gasteiger partial charge in [-0.05, 0) is 31.7 Å². The first-order valence-corrected chi connectivity index (χ1v) is 8.06. The summed E-state index contributed by atoms with van der Waals surface area (Å²) in [6.45, 7) is 4.86. The number of rotatable bonds is 4. The fourth-order valence-corrected chi connectivity index (χ4v) is 3.02. The van der Waals surface area contributed by atoms with E-state index in [1.807, 2.05) is 29.2 Å². The molecule has 2 aliphatic heterocycles. The first-order valence-electron chi connectivity index (χ1n) is 8.06. The minimum Gasteiger partial charge on any atom is -0.306 e. The van der Waals surface area contributed by atoms with Crippen molar-refractivity contribution in [2.45, 2.75) is 39.0 Å². The van der Waals surface area contributed by atoms with E-state index in [4.69, 9.17) is 0 Å². The number of piperidine rings is 1. The molecule has 1 saturated heterocycles. The average Bonchev–Trinajstić information content (AvgIpc) is 2.79. The van der Waals surface area contributed by atoms with Crippen LogP contribution < -0.4 is 4.90 Å². The van der Waals surface area contributed by atoms with Crippen LogP contribution in [0.4, 0.5) is 5.69 Å². The SMILES string of the molecule is CCCCN1C(=O)C(=NN2CCCCC2)c2ccccc21. The van der Waals surface area contributed by atoms with Gasteiger partial charge in [-0.15, -0.1) is 0 Å². The largest absolute Gasteiger partial charge is 0.306 e. The molecule has 0 atom stereocenters. The molecule has 1 aromatic carbocycles. The van der Waals surface area contributed by atoms with Crippen molar-refractivity contribution in [3.63, 3.8) is 0 Å². The molecule has 4 nitrogen and oxygen atoms in total. The quantitative estimate of drug-likeness (QED) is 0.852. The Morgan fingerprint density at radius 1 is 1.14 bits per heavy atom. The number of carbonyl (C=O) groups is 1. The van der Waals surface area contributed by atoms with E-state index in [0.717, 1.165) is 43.7 Å². The molecule has 4 heteroatoms. The van der Waals surface area contributed by atoms with Crippen LogP contribution in [0.2, 0.25) is 0 Å². The Hall–Kier alpha value is -1.84. The molecule has 0 bridgehead atoms. The van der Waals surface area contributed by atoms with Crippen LogP contribution in [0.15, 0.2) is 29.4 Å². The van der Waals surface area contributed by atoms with Crippen LogP contribution in [0.25, 0.3) is 0 Å². The highest BCUT2D eigenvalue weighted by molar-refractivity contribution is 6.54. The highest BCUT2D eigenvalue weighted by atomic mass is 16.2. The van der Waals surface area contributed by atoms with E-state index in [9.17, 15) is 4.79 Å². The maximum Gasteiger partial charge on any atom is 0.279 e. The van der Waals surface area contributed by atoms with Crippen molar-refractivity contribution in [3.05, 3.63) is 29.8 Å². The van der Waals surface area contributed by atoms with Crippen molar-refractivity contribution < 1.29 is 4.79 Å². The lowest BCUT2D eigenvalue weighted by atomic mass is 10.1. The molecule has 2 aliphatic rings. The number of nitrogens with zero attached hydrogens (tertiary/aromatic N) is 3. The van der Waals surface area contributed by atoms with E-state index in [1.165, 1.54) is 19.3 Å². The fourth-order valence-electron chi connectivity index (χ4n) is 3.02. The molecule has 21 heavy (non-hydrogen) atoms. The molecule has 0 saturated carbocycles. The van der Waals surface area contributed by atoms with E-state index in [2.05, 4.69) is 17.0 Å². The average molecular weight is 285 g/mol. The number of hydrogen-bond acceptors (Lipinski definition) is 3. The predicted molar refractivity (Wildman–Crippen MR) is 85.7 cm³/mol. The van der Waals surface area contributed by atoms with Crippen molar-refractivity contribution in [2.24, 2.45) is 5.10 Å². The summed E-state index contributed by atoms with van der Waals surface area (Å²) in [6, 6.07) is 8.03. The van der Waals surface area contributed by atoms with E-state index < -0.39 is 0 Å². The van der Waals surface area contributed by atoms with E-state index in [-0.39, 0.29) is 5.91 Å². The first kappa shape index (κ1) is 14.1. The summed E-state index contributed by atoms with van der Waals surface area (Å²) in [5, 5.41) is 6.74. The third kappa shape index (κ3) is 2.80. The van der Waals surface area contributed by atoms with Crippen LogP contribution >= 0.6 is 0 Å².